The quantitative estimate of drug-likeness (QED) is 0.470. The van der Waals surface area contributed by atoms with Gasteiger partial charge in [-0.15, -0.1) is 0 Å². The summed E-state index contributed by atoms with van der Waals surface area (Å²) in [5.74, 6) is 1.14. The van der Waals surface area contributed by atoms with Gasteiger partial charge >= 0.3 is 0 Å². The number of rotatable bonds is 10. The molecule has 2 aromatic rings. The number of hydrogen-bond donors (Lipinski definition) is 1. The molecule has 0 aliphatic heterocycles. The monoisotopic (exact) mass is 442 g/mol. The average Bonchev–Trinajstić information content (AvgIpc) is 3.29. The van der Waals surface area contributed by atoms with Gasteiger partial charge in [-0.05, 0) is 67.3 Å². The Balaban J connectivity index is 1.58. The van der Waals surface area contributed by atoms with Crippen molar-refractivity contribution >= 4 is 29.0 Å². The highest BCUT2D eigenvalue weighted by Gasteiger charge is 2.23. The molecule has 3 rings (SSSR count). The van der Waals surface area contributed by atoms with Crippen LogP contribution < -0.4 is 14.8 Å². The van der Waals surface area contributed by atoms with Gasteiger partial charge in [0, 0.05) is 36.5 Å². The molecule has 31 heavy (non-hydrogen) atoms. The molecule has 1 N–H and O–H groups in total. The van der Waals surface area contributed by atoms with Gasteiger partial charge in [0.05, 0.1) is 7.11 Å². The van der Waals surface area contributed by atoms with Gasteiger partial charge in [-0.2, -0.15) is 11.3 Å². The summed E-state index contributed by atoms with van der Waals surface area (Å²) >= 11 is 1.60. The maximum atomic E-state index is 12.3. The zero-order chi connectivity index (χ0) is 22.1. The van der Waals surface area contributed by atoms with Crippen LogP contribution in [0.4, 0.5) is 5.69 Å². The normalized spacial score (nSPS) is 15.0. The number of carbonyl (C=O) groups is 1. The SMILES string of the molecule is COc1ccc(NC(=O)/C=C/c2ccsc2)cc1OCCN(C(C)C)C1CCCCC1. The first-order chi connectivity index (χ1) is 15.1. The van der Waals surface area contributed by atoms with E-state index in [0.717, 1.165) is 12.1 Å². The summed E-state index contributed by atoms with van der Waals surface area (Å²) < 4.78 is 11.6. The van der Waals surface area contributed by atoms with E-state index in [1.54, 1.807) is 24.5 Å². The van der Waals surface area contributed by atoms with Gasteiger partial charge in [-0.3, -0.25) is 9.69 Å². The summed E-state index contributed by atoms with van der Waals surface area (Å²) in [4.78, 5) is 14.8. The summed E-state index contributed by atoms with van der Waals surface area (Å²) in [6.45, 7) is 5.98. The predicted molar refractivity (Wildman–Crippen MR) is 129 cm³/mol. The molecule has 168 valence electrons. The fourth-order valence-corrected chi connectivity index (χ4v) is 4.76. The van der Waals surface area contributed by atoms with Crippen molar-refractivity contribution < 1.29 is 14.3 Å². The number of thiophene rings is 1. The zero-order valence-electron chi connectivity index (χ0n) is 18.8. The molecule has 0 radical (unpaired) electrons. The molecule has 1 heterocycles. The highest BCUT2D eigenvalue weighted by Crippen LogP contribution is 2.31. The van der Waals surface area contributed by atoms with E-state index in [4.69, 9.17) is 9.47 Å². The van der Waals surface area contributed by atoms with Crippen molar-refractivity contribution in [2.24, 2.45) is 0 Å². The number of benzene rings is 1. The second-order valence-corrected chi connectivity index (χ2v) is 9.00. The van der Waals surface area contributed by atoms with Crippen LogP contribution in [0.5, 0.6) is 11.5 Å². The third-order valence-corrected chi connectivity index (χ3v) is 6.42. The number of methoxy groups -OCH3 is 1. The minimum Gasteiger partial charge on any atom is -0.493 e. The van der Waals surface area contributed by atoms with Gasteiger partial charge in [0.15, 0.2) is 11.5 Å². The minimum atomic E-state index is -0.175. The van der Waals surface area contributed by atoms with Crippen molar-refractivity contribution in [3.05, 3.63) is 46.7 Å². The summed E-state index contributed by atoms with van der Waals surface area (Å²) in [5, 5.41) is 6.88. The van der Waals surface area contributed by atoms with Crippen LogP contribution >= 0.6 is 11.3 Å². The van der Waals surface area contributed by atoms with Crippen LogP contribution in [0.1, 0.15) is 51.5 Å². The first-order valence-electron chi connectivity index (χ1n) is 11.1. The lowest BCUT2D eigenvalue weighted by Crippen LogP contribution is -2.43. The number of hydrogen-bond acceptors (Lipinski definition) is 5. The first kappa shape index (κ1) is 23.4. The number of carbonyl (C=O) groups excluding carboxylic acids is 1. The van der Waals surface area contributed by atoms with Crippen LogP contribution in [0.2, 0.25) is 0 Å². The zero-order valence-corrected chi connectivity index (χ0v) is 19.6. The average molecular weight is 443 g/mol. The lowest BCUT2D eigenvalue weighted by molar-refractivity contribution is -0.111. The van der Waals surface area contributed by atoms with Crippen molar-refractivity contribution in [3.63, 3.8) is 0 Å². The highest BCUT2D eigenvalue weighted by molar-refractivity contribution is 7.08. The number of nitrogens with zero attached hydrogens (tertiary/aromatic N) is 1. The van der Waals surface area contributed by atoms with E-state index in [9.17, 15) is 4.79 Å². The van der Waals surface area contributed by atoms with Crippen molar-refractivity contribution in [1.82, 2.24) is 4.90 Å². The number of nitrogens with one attached hydrogen (secondary N) is 1. The van der Waals surface area contributed by atoms with E-state index in [1.807, 2.05) is 35.0 Å². The smallest absolute Gasteiger partial charge is 0.248 e. The van der Waals surface area contributed by atoms with Crippen molar-refractivity contribution in [1.29, 1.82) is 0 Å². The van der Waals surface area contributed by atoms with E-state index < -0.39 is 0 Å². The van der Waals surface area contributed by atoms with Gasteiger partial charge in [0.1, 0.15) is 6.61 Å². The third-order valence-electron chi connectivity index (χ3n) is 5.72. The second-order valence-electron chi connectivity index (χ2n) is 8.22. The van der Waals surface area contributed by atoms with Crippen LogP contribution in [0.25, 0.3) is 6.08 Å². The Morgan fingerprint density at radius 1 is 1.23 bits per heavy atom. The van der Waals surface area contributed by atoms with Crippen molar-refractivity contribution in [2.75, 3.05) is 25.6 Å². The molecule has 0 atom stereocenters. The lowest BCUT2D eigenvalue weighted by atomic mass is 9.93. The van der Waals surface area contributed by atoms with Crippen molar-refractivity contribution in [3.8, 4) is 11.5 Å². The molecule has 1 aromatic carbocycles. The Kier molecular flexibility index (Phi) is 8.98. The summed E-state index contributed by atoms with van der Waals surface area (Å²) in [7, 11) is 1.63. The Bertz CT molecular complexity index is 842. The first-order valence-corrected chi connectivity index (χ1v) is 12.1. The van der Waals surface area contributed by atoms with Gasteiger partial charge in [-0.25, -0.2) is 0 Å². The molecule has 6 heteroatoms. The summed E-state index contributed by atoms with van der Waals surface area (Å²) in [5.41, 5.74) is 1.70. The van der Waals surface area contributed by atoms with Crippen LogP contribution in [-0.4, -0.2) is 43.2 Å². The maximum Gasteiger partial charge on any atom is 0.248 e. The second kappa shape index (κ2) is 11.9. The largest absolute Gasteiger partial charge is 0.493 e. The molecule has 1 saturated carbocycles. The lowest BCUT2D eigenvalue weighted by Gasteiger charge is -2.37. The molecule has 1 amide bonds. The van der Waals surface area contributed by atoms with Crippen LogP contribution in [0.15, 0.2) is 41.1 Å². The van der Waals surface area contributed by atoms with Gasteiger partial charge in [0.2, 0.25) is 5.91 Å². The molecule has 0 saturated heterocycles. The topological polar surface area (TPSA) is 50.8 Å². The fourth-order valence-electron chi connectivity index (χ4n) is 4.13. The Morgan fingerprint density at radius 3 is 2.71 bits per heavy atom. The molecule has 1 fully saturated rings. The van der Waals surface area contributed by atoms with E-state index in [-0.39, 0.29) is 5.91 Å². The highest BCUT2D eigenvalue weighted by atomic mass is 32.1. The van der Waals surface area contributed by atoms with E-state index >= 15 is 0 Å². The molecule has 0 bridgehead atoms. The number of anilines is 1. The number of amides is 1. The van der Waals surface area contributed by atoms with Gasteiger partial charge < -0.3 is 14.8 Å². The molecule has 0 spiro atoms. The molecular weight excluding hydrogens is 408 g/mol. The summed E-state index contributed by atoms with van der Waals surface area (Å²) in [6, 6.07) is 8.60. The molecular formula is C25H34N2O3S. The fraction of sp³-hybridized carbons (Fsp3) is 0.480. The van der Waals surface area contributed by atoms with Gasteiger partial charge in [-0.1, -0.05) is 19.3 Å². The predicted octanol–water partition coefficient (Wildman–Crippen LogP) is 5.83. The molecule has 1 aliphatic carbocycles. The standard InChI is InChI=1S/C25H34N2O3S/c1-19(2)27(22-7-5-4-6-8-22)14-15-30-24-17-21(10-11-23(24)29-3)26-25(28)12-9-20-13-16-31-18-20/h9-13,16-19,22H,4-8,14-15H2,1-3H3,(H,26,28)/b12-9+. The van der Waals surface area contributed by atoms with Crippen LogP contribution in [0, 0.1) is 0 Å². The number of ether oxygens (including phenoxy) is 2. The summed E-state index contributed by atoms with van der Waals surface area (Å²) in [6.07, 6.45) is 9.91. The van der Waals surface area contributed by atoms with Crippen LogP contribution in [-0.2, 0) is 4.79 Å². The molecule has 0 unspecified atom stereocenters. The Labute approximate surface area is 190 Å². The molecule has 1 aromatic heterocycles. The van der Waals surface area contributed by atoms with E-state index in [1.165, 1.54) is 38.2 Å². The van der Waals surface area contributed by atoms with Gasteiger partial charge in [0.25, 0.3) is 0 Å². The van der Waals surface area contributed by atoms with E-state index in [0.29, 0.717) is 35.9 Å². The minimum absolute atomic E-state index is 0.175. The van der Waals surface area contributed by atoms with Crippen LogP contribution in [0.3, 0.4) is 0 Å². The van der Waals surface area contributed by atoms with Crippen molar-refractivity contribution in [2.45, 2.75) is 58.0 Å². The third kappa shape index (κ3) is 7.11. The molecule has 1 aliphatic rings. The Morgan fingerprint density at radius 2 is 2.03 bits per heavy atom. The molecule has 5 nitrogen and oxygen atoms in total. The Hall–Kier alpha value is -2.31. The van der Waals surface area contributed by atoms with E-state index in [2.05, 4.69) is 24.1 Å². The maximum absolute atomic E-state index is 12.3.